The maximum atomic E-state index is 14.9. The van der Waals surface area contributed by atoms with Crippen LogP contribution in [-0.4, -0.2) is 86.3 Å². The van der Waals surface area contributed by atoms with Crippen molar-refractivity contribution in [3.05, 3.63) is 121 Å². The van der Waals surface area contributed by atoms with Gasteiger partial charge in [-0.15, -0.1) is 0 Å². The van der Waals surface area contributed by atoms with Gasteiger partial charge in [-0.25, -0.2) is 23.4 Å². The Morgan fingerprint density at radius 2 is 1.38 bits per heavy atom. The van der Waals surface area contributed by atoms with E-state index in [2.05, 4.69) is 45.5 Å². The van der Waals surface area contributed by atoms with E-state index in [1.54, 1.807) is 77.9 Å². The summed E-state index contributed by atoms with van der Waals surface area (Å²) < 4.78 is 58.4. The second-order valence-electron chi connectivity index (χ2n) is 14.9. The number of nitrogens with two attached hydrogens (primary N) is 1. The predicted octanol–water partition coefficient (Wildman–Crippen LogP) is 7.11. The van der Waals surface area contributed by atoms with E-state index in [1.165, 1.54) is 18.3 Å². The molecule has 7 heterocycles. The molecule has 1 saturated heterocycles. The number of aliphatic hydroxyl groups excluding tert-OH is 2. The molecule has 18 nitrogen and oxygen atoms in total. The van der Waals surface area contributed by atoms with E-state index in [9.17, 15) is 13.9 Å². The van der Waals surface area contributed by atoms with Crippen molar-refractivity contribution in [1.82, 2.24) is 50.2 Å². The van der Waals surface area contributed by atoms with E-state index < -0.39 is 17.7 Å². The SMILES string of the molecule is C[C@H](CO)Cc1nc(-c2ccc(Oc3ncc(-c4ccnn4C4CCCCO4)cc3F)cc2)no1.N[C@H](CO)Cc1nc(-c2ccc(Oc3ncc(-c4ccn[nH]4)cc3F)cc2)no1. The lowest BCUT2D eigenvalue weighted by atomic mass is 10.1. The first-order chi connectivity index (χ1) is 31.2. The minimum Gasteiger partial charge on any atom is -0.436 e. The van der Waals surface area contributed by atoms with Gasteiger partial charge < -0.3 is 39.2 Å². The molecule has 0 bridgehead atoms. The van der Waals surface area contributed by atoms with Gasteiger partial charge in [0.1, 0.15) is 11.5 Å². The second-order valence-corrected chi connectivity index (χ2v) is 14.9. The molecule has 0 spiro atoms. The summed E-state index contributed by atoms with van der Waals surface area (Å²) in [6, 6.07) is 19.4. The fourth-order valence-electron chi connectivity index (χ4n) is 6.52. The third kappa shape index (κ3) is 10.7. The Balaban J connectivity index is 0.000000178. The third-order valence-electron chi connectivity index (χ3n) is 9.92. The van der Waals surface area contributed by atoms with Crippen molar-refractivity contribution >= 4 is 0 Å². The molecule has 1 aliphatic heterocycles. The smallest absolute Gasteiger partial charge is 0.255 e. The molecular weight excluding hydrogens is 833 g/mol. The molecule has 5 N–H and O–H groups in total. The van der Waals surface area contributed by atoms with E-state index in [4.69, 9.17) is 34.1 Å². The van der Waals surface area contributed by atoms with Crippen LogP contribution in [0.25, 0.3) is 45.3 Å². The molecule has 1 aliphatic rings. The Morgan fingerprint density at radius 3 is 1.92 bits per heavy atom. The van der Waals surface area contributed by atoms with Crippen LogP contribution in [0.5, 0.6) is 23.3 Å². The molecule has 330 valence electrons. The molecular formula is C44H43F2N11O7. The topological polar surface area (TPSA) is 244 Å². The molecule has 6 aromatic heterocycles. The Morgan fingerprint density at radius 1 is 0.766 bits per heavy atom. The normalized spacial score (nSPS) is 14.7. The van der Waals surface area contributed by atoms with E-state index >= 15 is 0 Å². The number of pyridine rings is 2. The molecule has 64 heavy (non-hydrogen) atoms. The first kappa shape index (κ1) is 43.4. The lowest BCUT2D eigenvalue weighted by Gasteiger charge is -2.24. The van der Waals surface area contributed by atoms with Crippen LogP contribution in [-0.2, 0) is 17.6 Å². The number of hydrogen-bond acceptors (Lipinski definition) is 16. The highest BCUT2D eigenvalue weighted by molar-refractivity contribution is 5.60. The van der Waals surface area contributed by atoms with Crippen LogP contribution >= 0.6 is 0 Å². The highest BCUT2D eigenvalue weighted by atomic mass is 19.1. The molecule has 2 aromatic carbocycles. The molecule has 0 amide bonds. The zero-order valence-corrected chi connectivity index (χ0v) is 34.4. The summed E-state index contributed by atoms with van der Waals surface area (Å²) in [5, 5.41) is 37.0. The van der Waals surface area contributed by atoms with Gasteiger partial charge >= 0.3 is 0 Å². The van der Waals surface area contributed by atoms with Crippen molar-refractivity contribution in [2.24, 2.45) is 11.7 Å². The zero-order valence-electron chi connectivity index (χ0n) is 34.4. The number of benzene rings is 2. The maximum absolute atomic E-state index is 14.9. The van der Waals surface area contributed by atoms with Crippen LogP contribution in [0.4, 0.5) is 8.78 Å². The second kappa shape index (κ2) is 20.3. The van der Waals surface area contributed by atoms with Gasteiger partial charge in [0.15, 0.2) is 17.9 Å². The molecule has 8 aromatic rings. The molecule has 1 unspecified atom stereocenters. The first-order valence-corrected chi connectivity index (χ1v) is 20.4. The van der Waals surface area contributed by atoms with Gasteiger partial charge in [0.2, 0.25) is 23.4 Å². The van der Waals surface area contributed by atoms with E-state index in [0.717, 1.165) is 30.5 Å². The fraction of sp³-hybridized carbons (Fsp3) is 0.273. The number of ether oxygens (including phenoxy) is 3. The average Bonchev–Trinajstić information content (AvgIpc) is 4.18. The Labute approximate surface area is 364 Å². The van der Waals surface area contributed by atoms with Gasteiger partial charge in [-0.05, 0) is 98.0 Å². The van der Waals surface area contributed by atoms with Gasteiger partial charge in [0.25, 0.3) is 11.8 Å². The van der Waals surface area contributed by atoms with Crippen LogP contribution in [0.1, 0.15) is 44.2 Å². The summed E-state index contributed by atoms with van der Waals surface area (Å²) in [7, 11) is 0. The fourth-order valence-corrected chi connectivity index (χ4v) is 6.52. The molecule has 0 radical (unpaired) electrons. The molecule has 0 saturated carbocycles. The van der Waals surface area contributed by atoms with E-state index in [1.807, 2.05) is 13.0 Å². The van der Waals surface area contributed by atoms with Crippen LogP contribution in [0.15, 0.2) is 107 Å². The van der Waals surface area contributed by atoms with Crippen LogP contribution in [0.3, 0.4) is 0 Å². The summed E-state index contributed by atoms with van der Waals surface area (Å²) in [6.07, 6.45) is 9.92. The number of halogens is 2. The van der Waals surface area contributed by atoms with Crippen LogP contribution in [0.2, 0.25) is 0 Å². The number of H-pyrrole nitrogens is 1. The van der Waals surface area contributed by atoms with Crippen molar-refractivity contribution in [1.29, 1.82) is 0 Å². The van der Waals surface area contributed by atoms with Crippen molar-refractivity contribution in [2.45, 2.75) is 51.3 Å². The number of nitrogens with one attached hydrogen (secondary N) is 1. The average molecular weight is 876 g/mol. The number of nitrogens with zero attached hydrogens (tertiary/aromatic N) is 9. The standard InChI is InChI=1S/C25H26FN5O4.C19H17FN6O3/c1-16(15-32)12-22-29-24(30-35-22)17-5-7-19(8-6-17)34-25-20(26)13-18(14-27-25)21-9-10-28-31(21)23-4-2-3-11-33-23;20-15-7-12(16-5-6-23-25-16)9-22-19(15)28-14-3-1-11(2-4-14)18-24-17(29-26-18)8-13(21)10-27/h5-10,13-14,16,23,32H,2-4,11-12,15H2,1H3;1-7,9,13,27H,8,10,21H2,(H,23,25)/t16-,23?;13-/m00/s1. The van der Waals surface area contributed by atoms with Crippen molar-refractivity contribution < 1.29 is 42.3 Å². The summed E-state index contributed by atoms with van der Waals surface area (Å²) >= 11 is 0. The van der Waals surface area contributed by atoms with Crippen molar-refractivity contribution in [3.63, 3.8) is 0 Å². The molecule has 9 rings (SSSR count). The molecule has 0 aliphatic carbocycles. The van der Waals surface area contributed by atoms with Crippen LogP contribution in [0, 0.1) is 17.6 Å². The Kier molecular flexibility index (Phi) is 13.8. The van der Waals surface area contributed by atoms with Crippen molar-refractivity contribution in [2.75, 3.05) is 19.8 Å². The molecule has 20 heteroatoms. The quantitative estimate of drug-likeness (QED) is 0.0801. The maximum Gasteiger partial charge on any atom is 0.255 e. The van der Waals surface area contributed by atoms with Gasteiger partial charge in [-0.2, -0.15) is 20.2 Å². The molecule has 3 atom stereocenters. The van der Waals surface area contributed by atoms with Gasteiger partial charge in [0.05, 0.1) is 18.0 Å². The largest absolute Gasteiger partial charge is 0.436 e. The van der Waals surface area contributed by atoms with E-state index in [0.29, 0.717) is 70.3 Å². The van der Waals surface area contributed by atoms with Crippen molar-refractivity contribution in [3.8, 4) is 68.5 Å². The Bertz CT molecular complexity index is 2720. The zero-order chi connectivity index (χ0) is 44.4. The summed E-state index contributed by atoms with van der Waals surface area (Å²) in [5.41, 5.74) is 9.64. The number of aromatic nitrogens is 10. The lowest BCUT2D eigenvalue weighted by Crippen LogP contribution is -2.26. The summed E-state index contributed by atoms with van der Waals surface area (Å²) in [5.74, 6) is 1.04. The number of aliphatic hydroxyl groups is 2. The summed E-state index contributed by atoms with van der Waals surface area (Å²) in [4.78, 5) is 16.8. The summed E-state index contributed by atoms with van der Waals surface area (Å²) in [6.45, 7) is 2.47. The Hall–Kier alpha value is -7.26. The van der Waals surface area contributed by atoms with Gasteiger partial charge in [-0.1, -0.05) is 17.2 Å². The highest BCUT2D eigenvalue weighted by Gasteiger charge is 2.21. The minimum absolute atomic E-state index is 0.0361. The number of hydrogen-bond donors (Lipinski definition) is 4. The molecule has 1 fully saturated rings. The van der Waals surface area contributed by atoms with Gasteiger partial charge in [-0.3, -0.25) is 5.10 Å². The van der Waals surface area contributed by atoms with Gasteiger partial charge in [0, 0.05) is 79.1 Å². The van der Waals surface area contributed by atoms with Crippen LogP contribution < -0.4 is 15.2 Å². The lowest BCUT2D eigenvalue weighted by molar-refractivity contribution is -0.0383. The predicted molar refractivity (Wildman–Crippen MR) is 224 cm³/mol. The third-order valence-corrected chi connectivity index (χ3v) is 9.92. The number of rotatable bonds is 15. The van der Waals surface area contributed by atoms with E-state index in [-0.39, 0.29) is 43.5 Å². The monoisotopic (exact) mass is 875 g/mol. The first-order valence-electron chi connectivity index (χ1n) is 20.4. The highest BCUT2D eigenvalue weighted by Crippen LogP contribution is 2.32. The minimum atomic E-state index is -0.593. The number of aromatic amines is 1.